The number of hydrogen-bond acceptors (Lipinski definition) is 5. The van der Waals surface area contributed by atoms with Crippen LogP contribution in [0.5, 0.6) is 0 Å². The Morgan fingerprint density at radius 1 is 1.32 bits per heavy atom. The Hall–Kier alpha value is -2.34. The zero-order valence-corrected chi connectivity index (χ0v) is 12.3. The molecule has 1 atom stereocenters. The Labute approximate surface area is 129 Å². The molecule has 1 aliphatic heterocycles. The summed E-state index contributed by atoms with van der Waals surface area (Å²) in [6.45, 7) is 1.80. The van der Waals surface area contributed by atoms with E-state index in [1.54, 1.807) is 37.1 Å². The van der Waals surface area contributed by atoms with Crippen LogP contribution in [-0.4, -0.2) is 51.6 Å². The molecule has 1 amide bonds. The van der Waals surface area contributed by atoms with Crippen molar-refractivity contribution in [3.63, 3.8) is 0 Å². The summed E-state index contributed by atoms with van der Waals surface area (Å²) >= 11 is 0. The van der Waals surface area contributed by atoms with Gasteiger partial charge in [0.1, 0.15) is 6.33 Å². The highest BCUT2D eigenvalue weighted by molar-refractivity contribution is 5.93. The highest BCUT2D eigenvalue weighted by Crippen LogP contribution is 2.14. The lowest BCUT2D eigenvalue weighted by atomic mass is 10.1. The van der Waals surface area contributed by atoms with Gasteiger partial charge in [0.25, 0.3) is 5.91 Å². The normalized spacial score (nSPS) is 18.2. The Balaban J connectivity index is 1.56. The molecular formula is C16H18N4O2. The van der Waals surface area contributed by atoms with Crippen LogP contribution in [0.1, 0.15) is 22.5 Å². The maximum Gasteiger partial charge on any atom is 0.255 e. The molecule has 6 nitrogen and oxygen atoms in total. The first kappa shape index (κ1) is 14.6. The van der Waals surface area contributed by atoms with Gasteiger partial charge in [-0.25, -0.2) is 9.97 Å². The van der Waals surface area contributed by atoms with Gasteiger partial charge in [0, 0.05) is 37.4 Å². The lowest BCUT2D eigenvalue weighted by molar-refractivity contribution is -0.0247. The van der Waals surface area contributed by atoms with Crippen molar-refractivity contribution in [2.24, 2.45) is 0 Å². The SMILES string of the molecule is O=C(c1cccnc1)N1CCO[C@H](CCc2ccncn2)C1. The number of ether oxygens (including phenoxy) is 1. The Morgan fingerprint density at radius 3 is 3.05 bits per heavy atom. The second-order valence-electron chi connectivity index (χ2n) is 5.23. The zero-order chi connectivity index (χ0) is 15.2. The topological polar surface area (TPSA) is 68.2 Å². The van der Waals surface area contributed by atoms with E-state index in [-0.39, 0.29) is 12.0 Å². The van der Waals surface area contributed by atoms with E-state index in [9.17, 15) is 4.79 Å². The molecule has 0 spiro atoms. The van der Waals surface area contributed by atoms with E-state index in [2.05, 4.69) is 15.0 Å². The van der Waals surface area contributed by atoms with E-state index >= 15 is 0 Å². The van der Waals surface area contributed by atoms with Crippen molar-refractivity contribution in [1.29, 1.82) is 0 Å². The van der Waals surface area contributed by atoms with Crippen LogP contribution in [0.25, 0.3) is 0 Å². The summed E-state index contributed by atoms with van der Waals surface area (Å²) < 4.78 is 5.76. The van der Waals surface area contributed by atoms with Gasteiger partial charge in [-0.3, -0.25) is 9.78 Å². The first-order chi connectivity index (χ1) is 10.8. The van der Waals surface area contributed by atoms with Crippen LogP contribution in [0.4, 0.5) is 0 Å². The highest BCUT2D eigenvalue weighted by Gasteiger charge is 2.25. The third kappa shape index (κ3) is 3.65. The Bertz CT molecular complexity index is 606. The summed E-state index contributed by atoms with van der Waals surface area (Å²) in [6.07, 6.45) is 8.27. The van der Waals surface area contributed by atoms with E-state index in [4.69, 9.17) is 4.74 Å². The molecule has 22 heavy (non-hydrogen) atoms. The van der Waals surface area contributed by atoms with Gasteiger partial charge in [-0.2, -0.15) is 0 Å². The molecule has 0 N–H and O–H groups in total. The molecule has 0 bridgehead atoms. The average molecular weight is 298 g/mol. The Kier molecular flexibility index (Phi) is 4.70. The summed E-state index contributed by atoms with van der Waals surface area (Å²) in [6, 6.07) is 5.47. The predicted molar refractivity (Wildman–Crippen MR) is 80.2 cm³/mol. The molecule has 6 heteroatoms. The summed E-state index contributed by atoms with van der Waals surface area (Å²) in [5.41, 5.74) is 1.62. The number of rotatable bonds is 4. The van der Waals surface area contributed by atoms with Crippen molar-refractivity contribution in [1.82, 2.24) is 19.9 Å². The largest absolute Gasteiger partial charge is 0.375 e. The van der Waals surface area contributed by atoms with Gasteiger partial charge in [-0.05, 0) is 31.0 Å². The standard InChI is InChI=1S/C16H18N4O2/c21-16(13-2-1-6-17-10-13)20-8-9-22-15(11-20)4-3-14-5-7-18-12-19-14/h1-2,5-7,10,12,15H,3-4,8-9,11H2/t15-/m1/s1. The van der Waals surface area contributed by atoms with Crippen LogP contribution in [0.2, 0.25) is 0 Å². The van der Waals surface area contributed by atoms with E-state index in [0.717, 1.165) is 18.5 Å². The summed E-state index contributed by atoms with van der Waals surface area (Å²) in [7, 11) is 0. The molecule has 0 aromatic carbocycles. The monoisotopic (exact) mass is 298 g/mol. The molecule has 0 saturated carbocycles. The van der Waals surface area contributed by atoms with E-state index < -0.39 is 0 Å². The van der Waals surface area contributed by atoms with E-state index in [1.165, 1.54) is 0 Å². The first-order valence-electron chi connectivity index (χ1n) is 7.39. The van der Waals surface area contributed by atoms with Gasteiger partial charge in [-0.1, -0.05) is 0 Å². The van der Waals surface area contributed by atoms with Gasteiger partial charge < -0.3 is 9.64 Å². The van der Waals surface area contributed by atoms with Crippen molar-refractivity contribution in [3.8, 4) is 0 Å². The van der Waals surface area contributed by atoms with Crippen LogP contribution < -0.4 is 0 Å². The fourth-order valence-electron chi connectivity index (χ4n) is 2.53. The number of hydrogen-bond donors (Lipinski definition) is 0. The zero-order valence-electron chi connectivity index (χ0n) is 12.3. The number of aryl methyl sites for hydroxylation is 1. The number of carbonyl (C=O) groups excluding carboxylic acids is 1. The van der Waals surface area contributed by atoms with Gasteiger partial charge in [0.2, 0.25) is 0 Å². The molecule has 1 saturated heterocycles. The average Bonchev–Trinajstić information content (AvgIpc) is 2.61. The fraction of sp³-hybridized carbons (Fsp3) is 0.375. The van der Waals surface area contributed by atoms with Crippen molar-refractivity contribution in [3.05, 3.63) is 54.4 Å². The summed E-state index contributed by atoms with van der Waals surface area (Å²) in [5, 5.41) is 0. The van der Waals surface area contributed by atoms with E-state index in [0.29, 0.717) is 25.3 Å². The number of aromatic nitrogens is 3. The van der Waals surface area contributed by atoms with Crippen molar-refractivity contribution in [2.75, 3.05) is 19.7 Å². The maximum absolute atomic E-state index is 12.4. The molecule has 0 aliphatic carbocycles. The van der Waals surface area contributed by atoms with Crippen molar-refractivity contribution in [2.45, 2.75) is 18.9 Å². The molecule has 1 aliphatic rings. The second-order valence-corrected chi connectivity index (χ2v) is 5.23. The molecule has 2 aromatic rings. The lowest BCUT2D eigenvalue weighted by Crippen LogP contribution is -2.45. The smallest absolute Gasteiger partial charge is 0.255 e. The van der Waals surface area contributed by atoms with Gasteiger partial charge >= 0.3 is 0 Å². The van der Waals surface area contributed by atoms with Crippen LogP contribution in [0.3, 0.4) is 0 Å². The summed E-state index contributed by atoms with van der Waals surface area (Å²) in [4.78, 5) is 26.4. The molecule has 1 fully saturated rings. The molecule has 0 radical (unpaired) electrons. The molecule has 3 heterocycles. The van der Waals surface area contributed by atoms with Crippen LogP contribution in [0, 0.1) is 0 Å². The molecule has 3 rings (SSSR count). The van der Waals surface area contributed by atoms with Gasteiger partial charge in [0.15, 0.2) is 0 Å². The van der Waals surface area contributed by atoms with E-state index in [1.807, 2.05) is 11.0 Å². The third-order valence-electron chi connectivity index (χ3n) is 3.70. The number of pyridine rings is 1. The second kappa shape index (κ2) is 7.09. The van der Waals surface area contributed by atoms with Crippen LogP contribution in [-0.2, 0) is 11.2 Å². The fourth-order valence-corrected chi connectivity index (χ4v) is 2.53. The number of amides is 1. The maximum atomic E-state index is 12.4. The van der Waals surface area contributed by atoms with Gasteiger partial charge in [0.05, 0.1) is 18.3 Å². The quantitative estimate of drug-likeness (QED) is 0.852. The van der Waals surface area contributed by atoms with Crippen molar-refractivity contribution >= 4 is 5.91 Å². The number of carbonyl (C=O) groups is 1. The Morgan fingerprint density at radius 2 is 2.27 bits per heavy atom. The minimum atomic E-state index is 0.0171. The molecule has 114 valence electrons. The van der Waals surface area contributed by atoms with Gasteiger partial charge in [-0.15, -0.1) is 0 Å². The van der Waals surface area contributed by atoms with Crippen molar-refractivity contribution < 1.29 is 9.53 Å². The van der Waals surface area contributed by atoms with Crippen LogP contribution in [0.15, 0.2) is 43.1 Å². The molecule has 2 aromatic heterocycles. The minimum absolute atomic E-state index is 0.0171. The first-order valence-corrected chi connectivity index (χ1v) is 7.39. The molecule has 0 unspecified atom stereocenters. The highest BCUT2D eigenvalue weighted by atomic mass is 16.5. The molecular weight excluding hydrogens is 280 g/mol. The predicted octanol–water partition coefficient (Wildman–Crippen LogP) is 1.35. The third-order valence-corrected chi connectivity index (χ3v) is 3.70. The minimum Gasteiger partial charge on any atom is -0.375 e. The number of nitrogens with zero attached hydrogens (tertiary/aromatic N) is 4. The summed E-state index contributed by atoms with van der Waals surface area (Å²) in [5.74, 6) is 0.0171. The van der Waals surface area contributed by atoms with Crippen LogP contribution >= 0.6 is 0 Å². The lowest BCUT2D eigenvalue weighted by Gasteiger charge is -2.33. The number of morpholine rings is 1.